The van der Waals surface area contributed by atoms with Gasteiger partial charge in [-0.05, 0) is 17.2 Å². The first-order valence-electron chi connectivity index (χ1n) is 3.78. The molecule has 0 saturated heterocycles. The van der Waals surface area contributed by atoms with Crippen molar-refractivity contribution < 1.29 is 9.90 Å². The fourth-order valence-electron chi connectivity index (χ4n) is 1.05. The Kier molecular flexibility index (Phi) is 3.14. The summed E-state index contributed by atoms with van der Waals surface area (Å²) < 4.78 is 0. The number of carbonyl (C=O) groups is 1. The number of rotatable bonds is 3. The van der Waals surface area contributed by atoms with Crippen LogP contribution in [0.1, 0.15) is 11.1 Å². The summed E-state index contributed by atoms with van der Waals surface area (Å²) in [7, 11) is 0. The topological polar surface area (TPSA) is 63.3 Å². The van der Waals surface area contributed by atoms with E-state index in [2.05, 4.69) is 0 Å². The third-order valence-electron chi connectivity index (χ3n) is 1.71. The monoisotopic (exact) mass is 199 g/mol. The van der Waals surface area contributed by atoms with Gasteiger partial charge in [0.2, 0.25) is 0 Å². The second-order valence-electron chi connectivity index (χ2n) is 2.74. The van der Waals surface area contributed by atoms with Crippen LogP contribution in [0.25, 0.3) is 0 Å². The summed E-state index contributed by atoms with van der Waals surface area (Å²) >= 11 is 5.59. The van der Waals surface area contributed by atoms with Gasteiger partial charge in [-0.25, -0.2) is 0 Å². The molecule has 3 N–H and O–H groups in total. The van der Waals surface area contributed by atoms with Gasteiger partial charge in [0.15, 0.2) is 0 Å². The molecule has 0 saturated carbocycles. The Labute approximate surface area is 81.1 Å². The average molecular weight is 200 g/mol. The van der Waals surface area contributed by atoms with Gasteiger partial charge in [-0.2, -0.15) is 0 Å². The van der Waals surface area contributed by atoms with E-state index in [9.17, 15) is 4.79 Å². The zero-order chi connectivity index (χ0) is 9.84. The maximum Gasteiger partial charge on any atom is 0.307 e. The highest BCUT2D eigenvalue weighted by Gasteiger charge is 2.03. The number of hydrogen-bond acceptors (Lipinski definition) is 2. The summed E-state index contributed by atoms with van der Waals surface area (Å²) in [4.78, 5) is 10.4. The number of carboxylic acid groups (broad SMARTS) is 1. The van der Waals surface area contributed by atoms with Crippen LogP contribution in [0.4, 0.5) is 5.69 Å². The number of benzene rings is 1. The van der Waals surface area contributed by atoms with Crippen LogP contribution in [-0.2, 0) is 17.1 Å². The Morgan fingerprint density at radius 2 is 2.23 bits per heavy atom. The van der Waals surface area contributed by atoms with Gasteiger partial charge in [-0.15, -0.1) is 11.6 Å². The Morgan fingerprint density at radius 3 is 2.69 bits per heavy atom. The molecular formula is C9H10ClNO2. The third-order valence-corrected chi connectivity index (χ3v) is 2.00. The molecule has 1 aromatic carbocycles. The van der Waals surface area contributed by atoms with E-state index < -0.39 is 5.97 Å². The molecule has 0 radical (unpaired) electrons. The van der Waals surface area contributed by atoms with Crippen LogP contribution >= 0.6 is 11.6 Å². The van der Waals surface area contributed by atoms with Gasteiger partial charge in [-0.3, -0.25) is 4.79 Å². The minimum Gasteiger partial charge on any atom is -0.481 e. The molecule has 0 aromatic heterocycles. The number of nitrogens with two attached hydrogens (primary N) is 1. The Balaban J connectivity index is 2.89. The van der Waals surface area contributed by atoms with E-state index in [1.54, 1.807) is 18.2 Å². The predicted molar refractivity (Wildman–Crippen MR) is 51.8 cm³/mol. The Hall–Kier alpha value is -1.22. The van der Waals surface area contributed by atoms with Gasteiger partial charge < -0.3 is 10.8 Å². The molecule has 0 heterocycles. The molecule has 70 valence electrons. The molecule has 13 heavy (non-hydrogen) atoms. The zero-order valence-corrected chi connectivity index (χ0v) is 7.71. The second kappa shape index (κ2) is 4.14. The minimum atomic E-state index is -0.863. The van der Waals surface area contributed by atoms with Crippen molar-refractivity contribution in [3.05, 3.63) is 29.3 Å². The summed E-state index contributed by atoms with van der Waals surface area (Å²) in [6, 6.07) is 5.12. The normalized spacial score (nSPS) is 9.92. The molecule has 0 aliphatic carbocycles. The van der Waals surface area contributed by atoms with E-state index in [0.717, 1.165) is 5.56 Å². The van der Waals surface area contributed by atoms with E-state index in [-0.39, 0.29) is 6.42 Å². The van der Waals surface area contributed by atoms with Gasteiger partial charge in [0.25, 0.3) is 0 Å². The lowest BCUT2D eigenvalue weighted by Crippen LogP contribution is -2.01. The molecule has 1 aromatic rings. The fraction of sp³-hybridized carbons (Fsp3) is 0.222. The first-order valence-corrected chi connectivity index (χ1v) is 4.32. The predicted octanol–water partition coefficient (Wildman–Crippen LogP) is 1.63. The molecule has 0 aliphatic heterocycles. The number of anilines is 1. The average Bonchev–Trinajstić information content (AvgIpc) is 2.03. The van der Waals surface area contributed by atoms with Gasteiger partial charge in [0.1, 0.15) is 0 Å². The van der Waals surface area contributed by atoms with Gasteiger partial charge in [0, 0.05) is 11.6 Å². The van der Waals surface area contributed by atoms with E-state index >= 15 is 0 Å². The molecule has 0 unspecified atom stereocenters. The highest BCUT2D eigenvalue weighted by molar-refractivity contribution is 6.17. The highest BCUT2D eigenvalue weighted by Crippen LogP contribution is 2.16. The second-order valence-corrected chi connectivity index (χ2v) is 3.00. The van der Waals surface area contributed by atoms with Crippen molar-refractivity contribution in [3.8, 4) is 0 Å². The molecule has 0 amide bonds. The highest BCUT2D eigenvalue weighted by atomic mass is 35.5. The van der Waals surface area contributed by atoms with Crippen LogP contribution in [0.3, 0.4) is 0 Å². The molecule has 0 atom stereocenters. The molecule has 4 heteroatoms. The fourth-order valence-corrected chi connectivity index (χ4v) is 1.29. The van der Waals surface area contributed by atoms with Gasteiger partial charge in [0.05, 0.1) is 6.42 Å². The first kappa shape index (κ1) is 9.86. The maximum absolute atomic E-state index is 10.4. The van der Waals surface area contributed by atoms with Crippen molar-refractivity contribution in [3.63, 3.8) is 0 Å². The van der Waals surface area contributed by atoms with Crippen LogP contribution in [0, 0.1) is 0 Å². The summed E-state index contributed by atoms with van der Waals surface area (Å²) in [5, 5.41) is 8.52. The lowest BCUT2D eigenvalue weighted by atomic mass is 10.1. The molecule has 3 nitrogen and oxygen atoms in total. The molecule has 1 rings (SSSR count). The Bertz CT molecular complexity index is 325. The van der Waals surface area contributed by atoms with Crippen molar-refractivity contribution in [2.45, 2.75) is 12.3 Å². The largest absolute Gasteiger partial charge is 0.481 e. The van der Waals surface area contributed by atoms with Crippen molar-refractivity contribution >= 4 is 23.3 Å². The van der Waals surface area contributed by atoms with Crippen LogP contribution in [-0.4, -0.2) is 11.1 Å². The molecule has 0 aliphatic rings. The number of carboxylic acids is 1. The maximum atomic E-state index is 10.4. The lowest BCUT2D eigenvalue weighted by molar-refractivity contribution is -0.136. The number of aliphatic carboxylic acids is 1. The van der Waals surface area contributed by atoms with Crippen molar-refractivity contribution in [2.75, 3.05) is 5.73 Å². The third kappa shape index (κ3) is 2.63. The molecule has 0 bridgehead atoms. The van der Waals surface area contributed by atoms with Crippen molar-refractivity contribution in [1.82, 2.24) is 0 Å². The number of hydrogen-bond donors (Lipinski definition) is 2. The standard InChI is InChI=1S/C9H10ClNO2/c10-5-7-2-1-6(3-8(7)11)4-9(12)13/h1-3H,4-5,11H2,(H,12,13). The number of halogens is 1. The summed E-state index contributed by atoms with van der Waals surface area (Å²) in [6.07, 6.45) is -0.00718. The zero-order valence-electron chi connectivity index (χ0n) is 6.96. The van der Waals surface area contributed by atoms with Gasteiger partial charge in [-0.1, -0.05) is 12.1 Å². The van der Waals surface area contributed by atoms with Crippen LogP contribution in [0.5, 0.6) is 0 Å². The van der Waals surface area contributed by atoms with E-state index in [0.29, 0.717) is 17.1 Å². The smallest absolute Gasteiger partial charge is 0.307 e. The SMILES string of the molecule is Nc1cc(CC(=O)O)ccc1CCl. The van der Waals surface area contributed by atoms with E-state index in [4.69, 9.17) is 22.4 Å². The summed E-state index contributed by atoms with van der Waals surface area (Å²) in [5.41, 5.74) is 7.70. The number of nitrogen functional groups attached to an aromatic ring is 1. The quantitative estimate of drug-likeness (QED) is 0.575. The van der Waals surface area contributed by atoms with Crippen LogP contribution in [0.2, 0.25) is 0 Å². The van der Waals surface area contributed by atoms with E-state index in [1.165, 1.54) is 0 Å². The van der Waals surface area contributed by atoms with Gasteiger partial charge >= 0.3 is 5.97 Å². The number of alkyl halides is 1. The van der Waals surface area contributed by atoms with Crippen LogP contribution < -0.4 is 5.73 Å². The minimum absolute atomic E-state index is 0.00718. The van der Waals surface area contributed by atoms with Crippen LogP contribution in [0.15, 0.2) is 18.2 Å². The van der Waals surface area contributed by atoms with Crippen molar-refractivity contribution in [2.24, 2.45) is 0 Å². The Morgan fingerprint density at radius 1 is 1.54 bits per heavy atom. The molecule has 0 fully saturated rings. The first-order chi connectivity index (χ1) is 6.13. The summed E-state index contributed by atoms with van der Waals surface area (Å²) in [5.74, 6) is -0.517. The van der Waals surface area contributed by atoms with Crippen molar-refractivity contribution in [1.29, 1.82) is 0 Å². The molecule has 0 spiro atoms. The summed E-state index contributed by atoms with van der Waals surface area (Å²) in [6.45, 7) is 0. The molecular weight excluding hydrogens is 190 g/mol. The lowest BCUT2D eigenvalue weighted by Gasteiger charge is -2.03. The van der Waals surface area contributed by atoms with E-state index in [1.807, 2.05) is 0 Å².